The normalized spacial score (nSPS) is 17.7. The summed E-state index contributed by atoms with van der Waals surface area (Å²) in [6.45, 7) is 1.27. The smallest absolute Gasteiger partial charge is 0.262 e. The van der Waals surface area contributed by atoms with Gasteiger partial charge >= 0.3 is 0 Å². The van der Waals surface area contributed by atoms with Gasteiger partial charge in [0.25, 0.3) is 10.0 Å². The summed E-state index contributed by atoms with van der Waals surface area (Å²) in [5.74, 6) is 0.541. The van der Waals surface area contributed by atoms with Crippen LogP contribution in [-0.4, -0.2) is 52.2 Å². The van der Waals surface area contributed by atoms with Crippen LogP contribution in [0.2, 0.25) is 0 Å². The third-order valence-corrected chi connectivity index (χ3v) is 6.46. The summed E-state index contributed by atoms with van der Waals surface area (Å²) in [6, 6.07) is 13.4. The third-order valence-electron chi connectivity index (χ3n) is 4.71. The summed E-state index contributed by atoms with van der Waals surface area (Å²) < 4.78 is 34.1. The fourth-order valence-electron chi connectivity index (χ4n) is 3.17. The van der Waals surface area contributed by atoms with Gasteiger partial charge in [-0.25, -0.2) is 13.4 Å². The minimum Gasteiger partial charge on any atom is -0.476 e. The fourth-order valence-corrected chi connectivity index (χ4v) is 4.67. The molecule has 1 atom stereocenters. The first-order valence-corrected chi connectivity index (χ1v) is 10.5. The minimum atomic E-state index is -3.55. The predicted molar refractivity (Wildman–Crippen MR) is 103 cm³/mol. The molecule has 1 aliphatic rings. The van der Waals surface area contributed by atoms with Crippen molar-refractivity contribution in [2.45, 2.75) is 11.4 Å². The predicted octanol–water partition coefficient (Wildman–Crippen LogP) is 1.97. The number of rotatable bonds is 6. The van der Waals surface area contributed by atoms with Gasteiger partial charge in [-0.1, -0.05) is 30.3 Å². The van der Waals surface area contributed by atoms with E-state index in [1.807, 2.05) is 36.4 Å². The van der Waals surface area contributed by atoms with E-state index in [4.69, 9.17) is 4.74 Å². The van der Waals surface area contributed by atoms with Crippen molar-refractivity contribution >= 4 is 10.0 Å². The Morgan fingerprint density at radius 3 is 2.64 bits per heavy atom. The van der Waals surface area contributed by atoms with Crippen molar-refractivity contribution in [3.8, 4) is 17.1 Å². The quantitative estimate of drug-likeness (QED) is 0.629. The van der Waals surface area contributed by atoms with Gasteiger partial charge in [0, 0.05) is 43.9 Å². The molecule has 0 amide bonds. The molecular formula is C19H21N5O3S. The topological polar surface area (TPSA) is 90.2 Å². The average molecular weight is 399 g/mol. The van der Waals surface area contributed by atoms with Gasteiger partial charge in [0.1, 0.15) is 0 Å². The average Bonchev–Trinajstić information content (AvgIpc) is 3.37. The second kappa shape index (κ2) is 7.69. The van der Waals surface area contributed by atoms with Crippen molar-refractivity contribution < 1.29 is 13.2 Å². The lowest BCUT2D eigenvalue weighted by Crippen LogP contribution is -2.30. The van der Waals surface area contributed by atoms with Gasteiger partial charge < -0.3 is 9.30 Å². The highest BCUT2D eigenvalue weighted by molar-refractivity contribution is 7.89. The summed E-state index contributed by atoms with van der Waals surface area (Å²) in [5, 5.41) is 8.40. The van der Waals surface area contributed by atoms with Crippen molar-refractivity contribution in [1.82, 2.24) is 24.1 Å². The number of aromatic nitrogens is 4. The van der Waals surface area contributed by atoms with Gasteiger partial charge in [-0.3, -0.25) is 0 Å². The lowest BCUT2D eigenvalue weighted by molar-refractivity contribution is 0.244. The monoisotopic (exact) mass is 399 g/mol. The molecule has 28 heavy (non-hydrogen) atoms. The first-order valence-electron chi connectivity index (χ1n) is 9.02. The van der Waals surface area contributed by atoms with E-state index in [9.17, 15) is 8.42 Å². The van der Waals surface area contributed by atoms with Crippen LogP contribution in [0.4, 0.5) is 0 Å². The van der Waals surface area contributed by atoms with E-state index in [0.717, 1.165) is 17.7 Å². The summed E-state index contributed by atoms with van der Waals surface area (Å²) in [6.07, 6.45) is 3.74. The number of imidazole rings is 1. The third kappa shape index (κ3) is 3.90. The maximum atomic E-state index is 12.6. The van der Waals surface area contributed by atoms with Crippen molar-refractivity contribution in [3.63, 3.8) is 0 Å². The van der Waals surface area contributed by atoms with E-state index >= 15 is 0 Å². The maximum absolute atomic E-state index is 12.6. The molecule has 2 aromatic heterocycles. The second-order valence-electron chi connectivity index (χ2n) is 6.83. The van der Waals surface area contributed by atoms with Crippen LogP contribution in [0.1, 0.15) is 6.42 Å². The first kappa shape index (κ1) is 18.6. The van der Waals surface area contributed by atoms with Gasteiger partial charge in [-0.2, -0.15) is 4.31 Å². The molecule has 8 nitrogen and oxygen atoms in total. The zero-order chi connectivity index (χ0) is 19.6. The Kier molecular flexibility index (Phi) is 5.10. The molecule has 146 valence electrons. The molecule has 0 bridgehead atoms. The number of ether oxygens (including phenoxy) is 1. The van der Waals surface area contributed by atoms with E-state index in [0.29, 0.717) is 25.6 Å². The lowest BCUT2D eigenvalue weighted by Gasteiger charge is -2.15. The van der Waals surface area contributed by atoms with Crippen LogP contribution in [0.25, 0.3) is 11.3 Å². The zero-order valence-corrected chi connectivity index (χ0v) is 16.3. The molecule has 0 aliphatic carbocycles. The molecular weight excluding hydrogens is 378 g/mol. The molecule has 3 heterocycles. The maximum Gasteiger partial charge on any atom is 0.262 e. The Morgan fingerprint density at radius 2 is 1.96 bits per heavy atom. The van der Waals surface area contributed by atoms with Gasteiger partial charge in [0.2, 0.25) is 5.88 Å². The first-order chi connectivity index (χ1) is 13.5. The summed E-state index contributed by atoms with van der Waals surface area (Å²) in [4.78, 5) is 3.97. The fraction of sp³-hybridized carbons (Fsp3) is 0.316. The molecule has 0 spiro atoms. The Morgan fingerprint density at radius 1 is 1.14 bits per heavy atom. The Balaban J connectivity index is 1.34. The van der Waals surface area contributed by atoms with E-state index in [2.05, 4.69) is 15.2 Å². The Labute approximate surface area is 163 Å². The standard InChI is InChI=1S/C19H21N5O3S/c1-23-12-19(20-14-23)28(25,26)24-10-9-15(11-24)13-27-18-8-7-17(21-22-18)16-5-3-2-4-6-16/h2-8,12,14-15H,9-11,13H2,1H3. The van der Waals surface area contributed by atoms with Crippen LogP contribution in [-0.2, 0) is 17.1 Å². The Bertz CT molecular complexity index is 1030. The molecule has 0 radical (unpaired) electrons. The highest BCUT2D eigenvalue weighted by Crippen LogP contribution is 2.24. The largest absolute Gasteiger partial charge is 0.476 e. The zero-order valence-electron chi connectivity index (χ0n) is 15.5. The number of aryl methyl sites for hydroxylation is 1. The van der Waals surface area contributed by atoms with Gasteiger partial charge in [-0.15, -0.1) is 10.2 Å². The molecule has 9 heteroatoms. The molecule has 3 aromatic rings. The van der Waals surface area contributed by atoms with Crippen LogP contribution in [0.3, 0.4) is 0 Å². The molecule has 1 saturated heterocycles. The summed E-state index contributed by atoms with van der Waals surface area (Å²) in [7, 11) is -1.81. The summed E-state index contributed by atoms with van der Waals surface area (Å²) in [5.41, 5.74) is 1.77. The van der Waals surface area contributed by atoms with Crippen LogP contribution in [0.5, 0.6) is 5.88 Å². The molecule has 4 rings (SSSR count). The number of hydrogen-bond acceptors (Lipinski definition) is 6. The highest BCUT2D eigenvalue weighted by Gasteiger charge is 2.34. The molecule has 1 aliphatic heterocycles. The molecule has 0 N–H and O–H groups in total. The number of benzene rings is 1. The van der Waals surface area contributed by atoms with Crippen LogP contribution in [0, 0.1) is 5.92 Å². The van der Waals surface area contributed by atoms with Crippen molar-refractivity contribution in [1.29, 1.82) is 0 Å². The lowest BCUT2D eigenvalue weighted by atomic mass is 10.1. The number of nitrogens with zero attached hydrogens (tertiary/aromatic N) is 5. The van der Waals surface area contributed by atoms with Crippen LogP contribution in [0.15, 0.2) is 60.0 Å². The van der Waals surface area contributed by atoms with Crippen molar-refractivity contribution in [3.05, 3.63) is 55.0 Å². The van der Waals surface area contributed by atoms with Crippen molar-refractivity contribution in [2.75, 3.05) is 19.7 Å². The summed E-state index contributed by atoms with van der Waals surface area (Å²) >= 11 is 0. The number of hydrogen-bond donors (Lipinski definition) is 0. The van der Waals surface area contributed by atoms with E-state index in [1.54, 1.807) is 17.7 Å². The Hall–Kier alpha value is -2.78. The second-order valence-corrected chi connectivity index (χ2v) is 8.71. The molecule has 1 aromatic carbocycles. The van der Waals surface area contributed by atoms with Gasteiger partial charge in [0.15, 0.2) is 5.03 Å². The molecule has 1 unspecified atom stereocenters. The van der Waals surface area contributed by atoms with Crippen LogP contribution < -0.4 is 4.74 Å². The van der Waals surface area contributed by atoms with Gasteiger partial charge in [-0.05, 0) is 12.5 Å². The van der Waals surface area contributed by atoms with E-state index in [1.165, 1.54) is 16.8 Å². The SMILES string of the molecule is Cn1cnc(S(=O)(=O)N2CCC(COc3ccc(-c4ccccc4)nn3)C2)c1. The number of sulfonamides is 1. The van der Waals surface area contributed by atoms with Crippen molar-refractivity contribution in [2.24, 2.45) is 13.0 Å². The van der Waals surface area contributed by atoms with E-state index < -0.39 is 10.0 Å². The highest BCUT2D eigenvalue weighted by atomic mass is 32.2. The van der Waals surface area contributed by atoms with Gasteiger partial charge in [0.05, 0.1) is 18.6 Å². The molecule has 1 fully saturated rings. The minimum absolute atomic E-state index is 0.0823. The molecule has 0 saturated carbocycles. The van der Waals surface area contributed by atoms with Crippen LogP contribution >= 0.6 is 0 Å². The van der Waals surface area contributed by atoms with E-state index in [-0.39, 0.29) is 10.9 Å².